The fourth-order valence-electron chi connectivity index (χ4n) is 6.87. The number of amides is 3. The van der Waals surface area contributed by atoms with Crippen LogP contribution >= 0.6 is 0 Å². The van der Waals surface area contributed by atoms with Crippen LogP contribution in [0.2, 0.25) is 0 Å². The molecule has 246 valence electrons. The predicted molar refractivity (Wildman–Crippen MR) is 169 cm³/mol. The van der Waals surface area contributed by atoms with Gasteiger partial charge in [0.25, 0.3) is 0 Å². The molecule has 0 unspecified atom stereocenters. The second kappa shape index (κ2) is 12.2. The number of carboxylic acid groups (broad SMARTS) is 1. The number of benzene rings is 2. The Morgan fingerprint density at radius 1 is 1.09 bits per heavy atom. The van der Waals surface area contributed by atoms with E-state index >= 15 is 4.39 Å². The van der Waals surface area contributed by atoms with E-state index in [1.807, 2.05) is 12.1 Å². The number of nitrogens with zero attached hydrogens (tertiary/aromatic N) is 6. The van der Waals surface area contributed by atoms with E-state index in [0.29, 0.717) is 35.1 Å². The largest absolute Gasteiger partial charge is 0.480 e. The summed E-state index contributed by atoms with van der Waals surface area (Å²) in [5, 5.41) is 21.6. The summed E-state index contributed by atoms with van der Waals surface area (Å²) in [6.45, 7) is 1.64. The Bertz CT molecular complexity index is 1930. The van der Waals surface area contributed by atoms with Crippen LogP contribution < -0.4 is 5.32 Å². The number of hydrogen-bond donors (Lipinski definition) is 2. The first-order valence-electron chi connectivity index (χ1n) is 15.4. The Hall–Kier alpha value is -5.14. The minimum Gasteiger partial charge on any atom is -0.480 e. The van der Waals surface area contributed by atoms with Gasteiger partial charge in [0.2, 0.25) is 17.7 Å². The van der Waals surface area contributed by atoms with Crippen LogP contribution in [0.15, 0.2) is 36.5 Å². The molecular weight excluding hydrogens is 609 g/mol. The number of ketones is 1. The van der Waals surface area contributed by atoms with E-state index in [1.165, 1.54) is 24.9 Å². The molecule has 2 aromatic heterocycles. The highest BCUT2D eigenvalue weighted by molar-refractivity contribution is 6.00. The van der Waals surface area contributed by atoms with Crippen molar-refractivity contribution in [3.8, 4) is 11.1 Å². The molecule has 4 aromatic rings. The number of carbonyl (C=O) groups excluding carboxylic acids is 4. The van der Waals surface area contributed by atoms with Crippen LogP contribution in [0.1, 0.15) is 44.2 Å². The lowest BCUT2D eigenvalue weighted by atomic mass is 9.56. The van der Waals surface area contributed by atoms with Crippen LogP contribution in [0, 0.1) is 11.2 Å². The van der Waals surface area contributed by atoms with Crippen molar-refractivity contribution in [3.05, 3.63) is 48.0 Å². The van der Waals surface area contributed by atoms with E-state index in [1.54, 1.807) is 39.6 Å². The lowest BCUT2D eigenvalue weighted by Gasteiger charge is -2.59. The molecule has 2 aromatic carbocycles. The number of hydrogen-bond acceptors (Lipinski definition) is 7. The van der Waals surface area contributed by atoms with Gasteiger partial charge >= 0.3 is 5.97 Å². The maximum Gasteiger partial charge on any atom is 0.322 e. The van der Waals surface area contributed by atoms with Crippen molar-refractivity contribution in [2.75, 3.05) is 33.2 Å². The van der Waals surface area contributed by atoms with Gasteiger partial charge in [-0.05, 0) is 43.5 Å². The zero-order valence-corrected chi connectivity index (χ0v) is 26.5. The first-order chi connectivity index (χ1) is 22.3. The lowest BCUT2D eigenvalue weighted by molar-refractivity contribution is -0.152. The van der Waals surface area contributed by atoms with E-state index in [0.717, 1.165) is 29.4 Å². The maximum absolute atomic E-state index is 15.7. The first kappa shape index (κ1) is 31.8. The number of aromatic nitrogens is 4. The molecule has 1 saturated heterocycles. The molecule has 0 atom stereocenters. The number of likely N-dealkylation sites (N-methyl/N-ethyl adjacent to an activating group) is 1. The number of aryl methyl sites for hydroxylation is 1. The van der Waals surface area contributed by atoms with Crippen molar-refractivity contribution in [1.82, 2.24) is 34.7 Å². The highest BCUT2D eigenvalue weighted by Crippen LogP contribution is 2.57. The second-order valence-corrected chi connectivity index (χ2v) is 12.9. The third kappa shape index (κ3) is 6.19. The summed E-state index contributed by atoms with van der Waals surface area (Å²) in [4.78, 5) is 63.1. The Morgan fingerprint density at radius 2 is 1.83 bits per heavy atom. The van der Waals surface area contributed by atoms with E-state index in [9.17, 15) is 24.0 Å². The average Bonchev–Trinajstić information content (AvgIpc) is 3.52. The quantitative estimate of drug-likeness (QED) is 0.252. The summed E-state index contributed by atoms with van der Waals surface area (Å²) in [6, 6.07) is 8.68. The molecule has 6 rings (SSSR count). The van der Waals surface area contributed by atoms with Gasteiger partial charge in [-0.25, -0.2) is 4.39 Å². The van der Waals surface area contributed by atoms with Gasteiger partial charge in [-0.3, -0.25) is 28.5 Å². The smallest absolute Gasteiger partial charge is 0.322 e. The highest BCUT2D eigenvalue weighted by atomic mass is 19.1. The van der Waals surface area contributed by atoms with Crippen molar-refractivity contribution >= 4 is 51.3 Å². The number of rotatable bonds is 11. The summed E-state index contributed by atoms with van der Waals surface area (Å²) in [6.07, 6.45) is 3.59. The molecule has 2 aliphatic rings. The van der Waals surface area contributed by atoms with Gasteiger partial charge in [-0.15, -0.1) is 0 Å². The number of halogens is 1. The number of Topliss-reactive ketones (excluding diaryl/α,β-unsaturated/α-hetero) is 1. The molecule has 1 aliphatic carbocycles. The number of aliphatic carboxylic acids is 1. The van der Waals surface area contributed by atoms with E-state index in [2.05, 4.69) is 10.4 Å². The van der Waals surface area contributed by atoms with Crippen LogP contribution in [0.25, 0.3) is 32.9 Å². The molecule has 1 aliphatic heterocycles. The minimum atomic E-state index is -1.19. The van der Waals surface area contributed by atoms with Gasteiger partial charge in [0.1, 0.15) is 24.7 Å². The lowest BCUT2D eigenvalue weighted by Crippen LogP contribution is -2.63. The van der Waals surface area contributed by atoms with Gasteiger partial charge in [-0.2, -0.15) is 10.2 Å². The van der Waals surface area contributed by atoms with Crippen LogP contribution in [0.4, 0.5) is 4.39 Å². The summed E-state index contributed by atoms with van der Waals surface area (Å²) in [5.41, 5.74) is 3.10. The zero-order valence-electron chi connectivity index (χ0n) is 26.5. The number of fused-ring (bicyclic) bond motifs is 2. The third-order valence-electron chi connectivity index (χ3n) is 9.30. The fraction of sp³-hybridized carbons (Fsp3) is 0.424. The normalized spacial score (nSPS) is 15.4. The van der Waals surface area contributed by atoms with E-state index in [4.69, 9.17) is 10.2 Å². The predicted octanol–water partition coefficient (Wildman–Crippen LogP) is 2.46. The number of likely N-dealkylation sites (tertiary alicyclic amines) is 1. The molecule has 14 heteroatoms. The molecule has 2 fully saturated rings. The highest BCUT2D eigenvalue weighted by Gasteiger charge is 2.54. The van der Waals surface area contributed by atoms with Gasteiger partial charge < -0.3 is 25.0 Å². The molecule has 3 heterocycles. The van der Waals surface area contributed by atoms with E-state index < -0.39 is 30.1 Å². The average molecular weight is 646 g/mol. The van der Waals surface area contributed by atoms with Crippen LogP contribution in [-0.2, 0) is 37.6 Å². The van der Waals surface area contributed by atoms with Crippen LogP contribution in [0.3, 0.4) is 0 Å². The molecule has 13 nitrogen and oxygen atoms in total. The van der Waals surface area contributed by atoms with Crippen LogP contribution in [0.5, 0.6) is 0 Å². The second-order valence-electron chi connectivity index (χ2n) is 12.9. The third-order valence-corrected chi connectivity index (χ3v) is 9.30. The summed E-state index contributed by atoms with van der Waals surface area (Å²) in [7, 11) is 3.24. The van der Waals surface area contributed by atoms with Gasteiger partial charge in [-0.1, -0.05) is 12.1 Å². The van der Waals surface area contributed by atoms with E-state index in [-0.39, 0.29) is 49.0 Å². The minimum absolute atomic E-state index is 0.00694. The molecule has 0 bridgehead atoms. The van der Waals surface area contributed by atoms with Crippen molar-refractivity contribution < 1.29 is 33.5 Å². The summed E-state index contributed by atoms with van der Waals surface area (Å²) in [5.74, 6) is -2.65. The summed E-state index contributed by atoms with van der Waals surface area (Å²) >= 11 is 0. The fourth-order valence-corrected chi connectivity index (χ4v) is 6.87. The zero-order chi connectivity index (χ0) is 33.6. The van der Waals surface area contributed by atoms with Crippen molar-refractivity contribution in [1.29, 1.82) is 0 Å². The summed E-state index contributed by atoms with van der Waals surface area (Å²) < 4.78 is 18.9. The standard InChI is InChI=1S/C33H36FN7O6/c1-19(42)7-8-28(44)40-17-33(18-40)11-21(12-33)32-31-22(23-10-26-20(9-24(23)34)13-36-39(26)3)5-4-6-25(31)41(37-32)16-29(45)38(2)15-27(43)35-14-30(46)47/h4-6,9-10,13,21H,7-8,11-12,14-18H2,1-3H3,(H,35,43)(H,46,47). The SMILES string of the molecule is CC(=O)CCC(=O)N1CC2(CC(c3nn(CC(=O)N(C)CC(=O)NCC(=O)O)c4cccc(-c5cc6c(cnn6C)cc5F)c34)C2)C1. The molecular formula is C33H36FN7O6. The Balaban J connectivity index is 1.30. The first-order valence-corrected chi connectivity index (χ1v) is 15.4. The van der Waals surface area contributed by atoms with Gasteiger partial charge in [0, 0.05) is 67.7 Å². The van der Waals surface area contributed by atoms with Crippen molar-refractivity contribution in [3.63, 3.8) is 0 Å². The van der Waals surface area contributed by atoms with Gasteiger partial charge in [0.15, 0.2) is 0 Å². The topological polar surface area (TPSA) is 160 Å². The molecule has 1 spiro atoms. The molecule has 0 radical (unpaired) electrons. The molecule has 1 saturated carbocycles. The molecule has 3 amide bonds. The number of nitrogens with one attached hydrogen (secondary N) is 1. The Labute approximate surface area is 269 Å². The number of carbonyl (C=O) groups is 5. The Morgan fingerprint density at radius 3 is 2.53 bits per heavy atom. The maximum atomic E-state index is 15.7. The monoisotopic (exact) mass is 645 g/mol. The molecule has 47 heavy (non-hydrogen) atoms. The van der Waals surface area contributed by atoms with Crippen molar-refractivity contribution in [2.24, 2.45) is 12.5 Å². The van der Waals surface area contributed by atoms with Crippen LogP contribution in [-0.4, -0.2) is 97.2 Å². The van der Waals surface area contributed by atoms with Crippen molar-refractivity contribution in [2.45, 2.75) is 45.1 Å². The number of carboxylic acids is 1. The Kier molecular flexibility index (Phi) is 8.28. The van der Waals surface area contributed by atoms with Gasteiger partial charge in [0.05, 0.1) is 29.5 Å². The molecule has 2 N–H and O–H groups in total.